The molecule has 72 valence electrons. The number of hydrogen-bond donors (Lipinski definition) is 0. The lowest BCUT2D eigenvalue weighted by molar-refractivity contribution is 0.311. The van der Waals surface area contributed by atoms with Crippen LogP contribution >= 0.6 is 0 Å². The largest absolute Gasteiger partial charge is 0.0828 e. The van der Waals surface area contributed by atoms with Gasteiger partial charge in [0.25, 0.3) is 0 Å². The minimum atomic E-state index is 0.727. The van der Waals surface area contributed by atoms with Crippen LogP contribution < -0.4 is 0 Å². The number of allylic oxidation sites excluding steroid dienone is 2. The molecule has 0 saturated carbocycles. The van der Waals surface area contributed by atoms with E-state index in [1.807, 2.05) is 0 Å². The van der Waals surface area contributed by atoms with Crippen molar-refractivity contribution >= 4 is 0 Å². The molecule has 0 heterocycles. The fourth-order valence-electron chi connectivity index (χ4n) is 1.57. The summed E-state index contributed by atoms with van der Waals surface area (Å²) in [4.78, 5) is 0. The lowest BCUT2D eigenvalue weighted by Gasteiger charge is -2.23. The Balaban J connectivity index is 4.09. The second-order valence-electron chi connectivity index (χ2n) is 4.35. The molecule has 0 aromatic heterocycles. The first-order valence-corrected chi connectivity index (χ1v) is 5.14. The summed E-state index contributed by atoms with van der Waals surface area (Å²) in [5.74, 6) is 2.38. The average Bonchev–Trinajstić information content (AvgIpc) is 2.00. The third-order valence-electron chi connectivity index (χ3n) is 2.97. The minimum Gasteiger partial charge on any atom is -0.0828 e. The third kappa shape index (κ3) is 3.94. The van der Waals surface area contributed by atoms with Crippen LogP contribution in [0, 0.1) is 17.8 Å². The van der Waals surface area contributed by atoms with Gasteiger partial charge in [0.2, 0.25) is 0 Å². The first-order chi connectivity index (χ1) is 5.49. The maximum Gasteiger partial charge on any atom is -0.0231 e. The molecule has 0 saturated heterocycles. The minimum absolute atomic E-state index is 0.727. The fraction of sp³-hybridized carbons (Fsp3) is 0.833. The van der Waals surface area contributed by atoms with Gasteiger partial charge in [-0.15, -0.1) is 0 Å². The van der Waals surface area contributed by atoms with Crippen LogP contribution in [0.5, 0.6) is 0 Å². The van der Waals surface area contributed by atoms with Crippen molar-refractivity contribution in [2.45, 2.75) is 48.0 Å². The van der Waals surface area contributed by atoms with E-state index >= 15 is 0 Å². The third-order valence-corrected chi connectivity index (χ3v) is 2.97. The van der Waals surface area contributed by atoms with Gasteiger partial charge < -0.3 is 0 Å². The van der Waals surface area contributed by atoms with Crippen LogP contribution in [-0.2, 0) is 0 Å². The van der Waals surface area contributed by atoms with Crippen molar-refractivity contribution < 1.29 is 0 Å². The summed E-state index contributed by atoms with van der Waals surface area (Å²) >= 11 is 0. The molecule has 12 heavy (non-hydrogen) atoms. The highest BCUT2D eigenvalue weighted by molar-refractivity contribution is 4.97. The van der Waals surface area contributed by atoms with Crippen LogP contribution in [0.3, 0.4) is 0 Å². The van der Waals surface area contributed by atoms with Gasteiger partial charge in [-0.05, 0) is 31.6 Å². The van der Waals surface area contributed by atoms with Crippen molar-refractivity contribution in [1.29, 1.82) is 0 Å². The predicted molar refractivity (Wildman–Crippen MR) is 57.2 cm³/mol. The Labute approximate surface area is 78.1 Å². The quantitative estimate of drug-likeness (QED) is 0.550. The van der Waals surface area contributed by atoms with Crippen LogP contribution in [0.1, 0.15) is 48.0 Å². The zero-order valence-electron chi connectivity index (χ0n) is 9.52. The zero-order valence-corrected chi connectivity index (χ0v) is 9.52. The summed E-state index contributed by atoms with van der Waals surface area (Å²) < 4.78 is 0. The van der Waals surface area contributed by atoms with Gasteiger partial charge >= 0.3 is 0 Å². The summed E-state index contributed by atoms with van der Waals surface area (Å²) in [6.45, 7) is 13.7. The molecule has 0 N–H and O–H groups in total. The number of hydrogen-bond acceptors (Lipinski definition) is 0. The first kappa shape index (κ1) is 11.7. The van der Waals surface area contributed by atoms with Gasteiger partial charge in [-0.2, -0.15) is 0 Å². The standard InChI is InChI=1S/C12H24/c1-7-10(4)12(6)11(5)8-9(2)3/h8,10-12H,7H2,1-6H3. The van der Waals surface area contributed by atoms with Gasteiger partial charge in [-0.25, -0.2) is 0 Å². The van der Waals surface area contributed by atoms with Crippen LogP contribution in [0.2, 0.25) is 0 Å². The normalized spacial score (nSPS) is 18.2. The second kappa shape index (κ2) is 5.40. The molecule has 0 spiro atoms. The van der Waals surface area contributed by atoms with Crippen LogP contribution in [0.25, 0.3) is 0 Å². The highest BCUT2D eigenvalue weighted by Gasteiger charge is 2.15. The molecule has 0 heteroatoms. The van der Waals surface area contributed by atoms with Crippen molar-refractivity contribution in [2.75, 3.05) is 0 Å². The van der Waals surface area contributed by atoms with Crippen molar-refractivity contribution in [1.82, 2.24) is 0 Å². The Bertz CT molecular complexity index is 140. The average molecular weight is 168 g/mol. The lowest BCUT2D eigenvalue weighted by Crippen LogP contribution is -2.14. The highest BCUT2D eigenvalue weighted by atomic mass is 14.2. The molecule has 0 fully saturated rings. The van der Waals surface area contributed by atoms with Crippen molar-refractivity contribution in [3.8, 4) is 0 Å². The molecule has 0 radical (unpaired) electrons. The van der Waals surface area contributed by atoms with Gasteiger partial charge in [-0.1, -0.05) is 45.8 Å². The van der Waals surface area contributed by atoms with Gasteiger partial charge in [0.15, 0.2) is 0 Å². The van der Waals surface area contributed by atoms with E-state index in [0.717, 1.165) is 17.8 Å². The predicted octanol–water partition coefficient (Wildman–Crippen LogP) is 4.27. The lowest BCUT2D eigenvalue weighted by atomic mass is 9.83. The molecule has 0 rings (SSSR count). The van der Waals surface area contributed by atoms with Crippen LogP contribution in [-0.4, -0.2) is 0 Å². The van der Waals surface area contributed by atoms with E-state index in [4.69, 9.17) is 0 Å². The Morgan fingerprint density at radius 1 is 1.17 bits per heavy atom. The molecule has 0 aliphatic heterocycles. The van der Waals surface area contributed by atoms with Crippen molar-refractivity contribution in [2.24, 2.45) is 17.8 Å². The summed E-state index contributed by atoms with van der Waals surface area (Å²) in [7, 11) is 0. The molecule has 0 aliphatic rings. The SMILES string of the molecule is CCC(C)C(C)C(C)C=C(C)C. The van der Waals surface area contributed by atoms with E-state index in [2.05, 4.69) is 47.6 Å². The molecular weight excluding hydrogens is 144 g/mol. The molecule has 0 aliphatic carbocycles. The maximum atomic E-state index is 2.39. The molecule has 3 atom stereocenters. The summed E-state index contributed by atoms with van der Waals surface area (Å²) in [6.07, 6.45) is 3.68. The molecule has 0 nitrogen and oxygen atoms in total. The van der Waals surface area contributed by atoms with Gasteiger partial charge in [0, 0.05) is 0 Å². The molecule has 3 unspecified atom stereocenters. The smallest absolute Gasteiger partial charge is 0.0231 e. The Kier molecular flexibility index (Phi) is 5.28. The number of rotatable bonds is 4. The first-order valence-electron chi connectivity index (χ1n) is 5.14. The molecule has 0 aromatic carbocycles. The molecule has 0 bridgehead atoms. The van der Waals surface area contributed by atoms with E-state index in [-0.39, 0.29) is 0 Å². The van der Waals surface area contributed by atoms with Crippen molar-refractivity contribution in [3.63, 3.8) is 0 Å². The van der Waals surface area contributed by atoms with E-state index < -0.39 is 0 Å². The van der Waals surface area contributed by atoms with Gasteiger partial charge in [0.05, 0.1) is 0 Å². The molecular formula is C12H24. The molecule has 0 aromatic rings. The van der Waals surface area contributed by atoms with Gasteiger partial charge in [-0.3, -0.25) is 0 Å². The van der Waals surface area contributed by atoms with E-state index in [0.29, 0.717) is 0 Å². The Hall–Kier alpha value is -0.260. The van der Waals surface area contributed by atoms with E-state index in [1.165, 1.54) is 12.0 Å². The van der Waals surface area contributed by atoms with Crippen LogP contribution in [0.4, 0.5) is 0 Å². The summed E-state index contributed by atoms with van der Waals surface area (Å²) in [5, 5.41) is 0. The summed E-state index contributed by atoms with van der Waals surface area (Å²) in [5.41, 5.74) is 1.44. The van der Waals surface area contributed by atoms with Crippen molar-refractivity contribution in [3.05, 3.63) is 11.6 Å². The van der Waals surface area contributed by atoms with E-state index in [1.54, 1.807) is 0 Å². The second-order valence-corrected chi connectivity index (χ2v) is 4.35. The monoisotopic (exact) mass is 168 g/mol. The fourth-order valence-corrected chi connectivity index (χ4v) is 1.57. The van der Waals surface area contributed by atoms with E-state index in [9.17, 15) is 0 Å². The zero-order chi connectivity index (χ0) is 9.72. The van der Waals surface area contributed by atoms with Gasteiger partial charge in [0.1, 0.15) is 0 Å². The highest BCUT2D eigenvalue weighted by Crippen LogP contribution is 2.24. The Morgan fingerprint density at radius 3 is 2.00 bits per heavy atom. The topological polar surface area (TPSA) is 0 Å². The van der Waals surface area contributed by atoms with Crippen LogP contribution in [0.15, 0.2) is 11.6 Å². The molecule has 0 amide bonds. The maximum absolute atomic E-state index is 2.39. The Morgan fingerprint density at radius 2 is 1.67 bits per heavy atom. The summed E-state index contributed by atoms with van der Waals surface area (Å²) in [6, 6.07) is 0.